The SMILES string of the molecule is CCCCC(C)C(CCC(C)CC)CC(C)C. The van der Waals surface area contributed by atoms with E-state index < -0.39 is 0 Å². The van der Waals surface area contributed by atoms with Gasteiger partial charge in [-0.2, -0.15) is 0 Å². The summed E-state index contributed by atoms with van der Waals surface area (Å²) < 4.78 is 0. The van der Waals surface area contributed by atoms with E-state index in [2.05, 4.69) is 41.5 Å². The van der Waals surface area contributed by atoms with Gasteiger partial charge in [0.05, 0.1) is 0 Å². The van der Waals surface area contributed by atoms with E-state index in [-0.39, 0.29) is 0 Å². The minimum absolute atomic E-state index is 0.862. The Morgan fingerprint density at radius 2 is 1.47 bits per heavy atom. The predicted molar refractivity (Wildman–Crippen MR) is 80.3 cm³/mol. The van der Waals surface area contributed by atoms with Gasteiger partial charge in [0.2, 0.25) is 0 Å². The topological polar surface area (TPSA) is 0 Å². The molecule has 17 heavy (non-hydrogen) atoms. The zero-order chi connectivity index (χ0) is 13.3. The quantitative estimate of drug-likeness (QED) is 0.420. The van der Waals surface area contributed by atoms with Gasteiger partial charge in [0.15, 0.2) is 0 Å². The molecule has 0 fully saturated rings. The van der Waals surface area contributed by atoms with Crippen LogP contribution in [0.2, 0.25) is 0 Å². The zero-order valence-corrected chi connectivity index (χ0v) is 13.3. The molecule has 3 atom stereocenters. The second-order valence-electron chi connectivity index (χ2n) is 6.60. The highest BCUT2D eigenvalue weighted by Crippen LogP contribution is 2.30. The van der Waals surface area contributed by atoms with Crippen LogP contribution in [0, 0.1) is 23.7 Å². The molecule has 0 heteroatoms. The lowest BCUT2D eigenvalue weighted by atomic mass is 9.79. The van der Waals surface area contributed by atoms with Gasteiger partial charge in [0.1, 0.15) is 0 Å². The van der Waals surface area contributed by atoms with Crippen molar-refractivity contribution in [3.63, 3.8) is 0 Å². The summed E-state index contributed by atoms with van der Waals surface area (Å²) in [7, 11) is 0. The second-order valence-corrected chi connectivity index (χ2v) is 6.60. The fraction of sp³-hybridized carbons (Fsp3) is 1.00. The van der Waals surface area contributed by atoms with Gasteiger partial charge in [-0.15, -0.1) is 0 Å². The van der Waals surface area contributed by atoms with Crippen LogP contribution in [0.15, 0.2) is 0 Å². The van der Waals surface area contributed by atoms with Crippen LogP contribution < -0.4 is 0 Å². The molecular weight excluding hydrogens is 204 g/mol. The Morgan fingerprint density at radius 3 is 1.94 bits per heavy atom. The lowest BCUT2D eigenvalue weighted by Crippen LogP contribution is -2.15. The van der Waals surface area contributed by atoms with Gasteiger partial charge >= 0.3 is 0 Å². The molecule has 104 valence electrons. The van der Waals surface area contributed by atoms with Gasteiger partial charge in [-0.05, 0) is 36.5 Å². The first-order chi connectivity index (χ1) is 8.01. The van der Waals surface area contributed by atoms with Gasteiger partial charge < -0.3 is 0 Å². The highest BCUT2D eigenvalue weighted by molar-refractivity contribution is 4.70. The van der Waals surface area contributed by atoms with E-state index in [1.807, 2.05) is 0 Å². The van der Waals surface area contributed by atoms with Crippen LogP contribution in [0.3, 0.4) is 0 Å². The van der Waals surface area contributed by atoms with Crippen molar-refractivity contribution in [1.29, 1.82) is 0 Å². The standard InChI is InChI=1S/C17H36/c1-7-9-10-16(6)17(13-14(3)4)12-11-15(5)8-2/h14-17H,7-13H2,1-6H3. The van der Waals surface area contributed by atoms with Gasteiger partial charge in [0, 0.05) is 0 Å². The normalized spacial score (nSPS) is 17.1. The Labute approximate surface area is 111 Å². The van der Waals surface area contributed by atoms with Crippen molar-refractivity contribution in [3.8, 4) is 0 Å². The molecule has 0 amide bonds. The average molecular weight is 240 g/mol. The van der Waals surface area contributed by atoms with E-state index >= 15 is 0 Å². The lowest BCUT2D eigenvalue weighted by molar-refractivity contribution is 0.247. The van der Waals surface area contributed by atoms with Crippen LogP contribution >= 0.6 is 0 Å². The summed E-state index contributed by atoms with van der Waals surface area (Å²) in [6.07, 6.45) is 9.87. The largest absolute Gasteiger partial charge is 0.0654 e. The van der Waals surface area contributed by atoms with Gasteiger partial charge in [0.25, 0.3) is 0 Å². The average Bonchev–Trinajstić information content (AvgIpc) is 2.30. The van der Waals surface area contributed by atoms with Crippen LogP contribution in [0.5, 0.6) is 0 Å². The zero-order valence-electron chi connectivity index (χ0n) is 13.3. The van der Waals surface area contributed by atoms with E-state index in [1.54, 1.807) is 0 Å². The highest BCUT2D eigenvalue weighted by Gasteiger charge is 2.18. The van der Waals surface area contributed by atoms with Crippen LogP contribution in [0.1, 0.15) is 86.5 Å². The summed E-state index contributed by atoms with van der Waals surface area (Å²) in [5.41, 5.74) is 0. The lowest BCUT2D eigenvalue weighted by Gasteiger charge is -2.26. The van der Waals surface area contributed by atoms with E-state index in [1.165, 1.54) is 44.9 Å². The minimum Gasteiger partial charge on any atom is -0.0654 e. The van der Waals surface area contributed by atoms with Gasteiger partial charge in [-0.25, -0.2) is 0 Å². The van der Waals surface area contributed by atoms with E-state index in [0.29, 0.717) is 0 Å². The fourth-order valence-corrected chi connectivity index (χ4v) is 2.70. The first-order valence-corrected chi connectivity index (χ1v) is 8.01. The summed E-state index contributed by atoms with van der Waals surface area (Å²) in [5, 5.41) is 0. The van der Waals surface area contributed by atoms with Crippen LogP contribution in [0.25, 0.3) is 0 Å². The van der Waals surface area contributed by atoms with Crippen LogP contribution in [-0.4, -0.2) is 0 Å². The van der Waals surface area contributed by atoms with E-state index in [9.17, 15) is 0 Å². The molecule has 0 nitrogen and oxygen atoms in total. The third kappa shape index (κ3) is 8.69. The fourth-order valence-electron chi connectivity index (χ4n) is 2.70. The Balaban J connectivity index is 4.11. The number of hydrogen-bond donors (Lipinski definition) is 0. The van der Waals surface area contributed by atoms with Crippen molar-refractivity contribution in [2.75, 3.05) is 0 Å². The van der Waals surface area contributed by atoms with Gasteiger partial charge in [-0.3, -0.25) is 0 Å². The maximum absolute atomic E-state index is 2.49. The van der Waals surface area contributed by atoms with Crippen molar-refractivity contribution in [3.05, 3.63) is 0 Å². The predicted octanol–water partition coefficient (Wildman–Crippen LogP) is 6.30. The third-order valence-electron chi connectivity index (χ3n) is 4.32. The summed E-state index contributed by atoms with van der Waals surface area (Å²) in [4.78, 5) is 0. The highest BCUT2D eigenvalue weighted by atomic mass is 14.2. The molecule has 0 aliphatic carbocycles. The van der Waals surface area contributed by atoms with Crippen molar-refractivity contribution in [2.45, 2.75) is 86.5 Å². The van der Waals surface area contributed by atoms with Crippen LogP contribution in [-0.2, 0) is 0 Å². The Morgan fingerprint density at radius 1 is 0.824 bits per heavy atom. The second kappa shape index (κ2) is 9.97. The molecule has 0 rings (SSSR count). The first-order valence-electron chi connectivity index (χ1n) is 8.01. The molecule has 0 aromatic rings. The van der Waals surface area contributed by atoms with Crippen molar-refractivity contribution >= 4 is 0 Å². The Hall–Kier alpha value is 0. The maximum Gasteiger partial charge on any atom is -0.0386 e. The molecule has 0 bridgehead atoms. The molecule has 0 aromatic carbocycles. The minimum atomic E-state index is 0.862. The Kier molecular flexibility index (Phi) is 9.97. The number of unbranched alkanes of at least 4 members (excludes halogenated alkanes) is 1. The molecule has 0 aliphatic heterocycles. The summed E-state index contributed by atoms with van der Waals surface area (Å²) >= 11 is 0. The molecule has 3 unspecified atom stereocenters. The molecule has 0 saturated heterocycles. The monoisotopic (exact) mass is 240 g/mol. The maximum atomic E-state index is 2.49. The molecule has 0 radical (unpaired) electrons. The molecule has 0 spiro atoms. The van der Waals surface area contributed by atoms with E-state index in [4.69, 9.17) is 0 Å². The number of rotatable bonds is 10. The molecule has 0 aromatic heterocycles. The van der Waals surface area contributed by atoms with Crippen molar-refractivity contribution in [1.82, 2.24) is 0 Å². The smallest absolute Gasteiger partial charge is 0.0386 e. The van der Waals surface area contributed by atoms with Crippen LogP contribution in [0.4, 0.5) is 0 Å². The summed E-state index contributed by atoms with van der Waals surface area (Å²) in [6.45, 7) is 14.3. The molecule has 0 saturated carbocycles. The van der Waals surface area contributed by atoms with Crippen molar-refractivity contribution < 1.29 is 0 Å². The van der Waals surface area contributed by atoms with Gasteiger partial charge in [-0.1, -0.05) is 73.6 Å². The third-order valence-corrected chi connectivity index (χ3v) is 4.32. The van der Waals surface area contributed by atoms with Crippen molar-refractivity contribution in [2.24, 2.45) is 23.7 Å². The summed E-state index contributed by atoms with van der Waals surface area (Å²) in [6, 6.07) is 0. The molecule has 0 N–H and O–H groups in total. The molecule has 0 heterocycles. The molecule has 0 aliphatic rings. The number of hydrogen-bond acceptors (Lipinski definition) is 0. The molecular formula is C17H36. The first kappa shape index (κ1) is 17.0. The van der Waals surface area contributed by atoms with E-state index in [0.717, 1.165) is 23.7 Å². The Bertz CT molecular complexity index is 159. The summed E-state index contributed by atoms with van der Waals surface area (Å²) in [5.74, 6) is 3.68.